The van der Waals surface area contributed by atoms with E-state index < -0.39 is 7.82 Å². The number of hydrogen-bond donors (Lipinski definition) is 4. The summed E-state index contributed by atoms with van der Waals surface area (Å²) in [4.78, 5) is 9.22. The minimum atomic E-state index is -3.95. The molecule has 0 rings (SSSR count). The molecule has 0 amide bonds. The summed E-state index contributed by atoms with van der Waals surface area (Å²) < 4.78 is 20.6. The third-order valence-corrected chi connectivity index (χ3v) is 2.78. The Bertz CT molecular complexity index is 230. The van der Waals surface area contributed by atoms with Gasteiger partial charge in [0.1, 0.15) is 0 Å². The first-order chi connectivity index (χ1) is 8.12. The molecular weight excluding hydrogens is 268 g/mol. The van der Waals surface area contributed by atoms with Crippen LogP contribution in [0.1, 0.15) is 27.6 Å². The van der Waals surface area contributed by atoms with Crippen molar-refractivity contribution in [3.63, 3.8) is 0 Å². The summed E-state index contributed by atoms with van der Waals surface area (Å²) in [5, 5.41) is 3.00. The number of phosphoric acid groups is 1. The Morgan fingerprint density at radius 2 is 2.06 bits per heavy atom. The first-order valence-electron chi connectivity index (χ1n) is 5.92. The van der Waals surface area contributed by atoms with Crippen molar-refractivity contribution < 1.29 is 49.6 Å². The van der Waals surface area contributed by atoms with Gasteiger partial charge in [0.05, 0.1) is 6.61 Å². The number of unbranched alkanes of at least 4 members (excludes halogenated alkanes) is 2. The van der Waals surface area contributed by atoms with Gasteiger partial charge in [-0.25, -0.2) is 4.57 Å². The van der Waals surface area contributed by atoms with Gasteiger partial charge in [0.25, 0.3) is 0 Å². The van der Waals surface area contributed by atoms with Crippen LogP contribution in [0.4, 0.5) is 0 Å². The standard InChI is InChI=1S/C9H24N3O4P.Na.H/c1-2-3-4-9-15-17(13,14)16-12-8-7-11-6-5-10;;/h11-12H,2-10H2,1H3,(H,13,14);;/q;+1;-1. The predicted octanol–water partition coefficient (Wildman–Crippen LogP) is -2.52. The molecule has 0 radical (unpaired) electrons. The van der Waals surface area contributed by atoms with Crippen molar-refractivity contribution in [2.75, 3.05) is 32.8 Å². The van der Waals surface area contributed by atoms with Crippen LogP contribution in [0.3, 0.4) is 0 Å². The topological polar surface area (TPSA) is 106 Å². The molecular formula is C9H25N3NaO4P. The third kappa shape index (κ3) is 15.0. The van der Waals surface area contributed by atoms with Crippen molar-refractivity contribution in [3.05, 3.63) is 0 Å². The summed E-state index contributed by atoms with van der Waals surface area (Å²) in [7, 11) is -3.95. The van der Waals surface area contributed by atoms with Crippen LogP contribution < -0.4 is 46.1 Å². The van der Waals surface area contributed by atoms with E-state index in [1.807, 2.05) is 6.92 Å². The normalized spacial score (nSPS) is 13.9. The zero-order chi connectivity index (χ0) is 13.0. The molecule has 1 atom stereocenters. The SMILES string of the molecule is CCCCCOP(=O)(O)ONCCNCCN.[H-].[Na+]. The second kappa shape index (κ2) is 14.4. The molecule has 0 aliphatic heterocycles. The Labute approximate surface area is 133 Å². The van der Waals surface area contributed by atoms with Gasteiger partial charge in [0, 0.05) is 26.2 Å². The van der Waals surface area contributed by atoms with E-state index in [9.17, 15) is 9.46 Å². The molecule has 1 unspecified atom stereocenters. The largest absolute Gasteiger partial charge is 1.00 e. The summed E-state index contributed by atoms with van der Waals surface area (Å²) >= 11 is 0. The molecule has 106 valence electrons. The molecule has 0 aromatic heterocycles. The molecule has 0 aromatic carbocycles. The van der Waals surface area contributed by atoms with Gasteiger partial charge in [0.15, 0.2) is 0 Å². The molecule has 0 bridgehead atoms. The zero-order valence-electron chi connectivity index (χ0n) is 12.4. The minimum Gasteiger partial charge on any atom is -1.00 e. The van der Waals surface area contributed by atoms with Gasteiger partial charge in [-0.3, -0.25) is 4.52 Å². The number of hydroxylamine groups is 1. The van der Waals surface area contributed by atoms with Crippen LogP contribution in [0.15, 0.2) is 0 Å². The molecule has 0 heterocycles. The van der Waals surface area contributed by atoms with E-state index in [1.165, 1.54) is 0 Å². The van der Waals surface area contributed by atoms with Crippen LogP contribution >= 0.6 is 7.82 Å². The fourth-order valence-corrected chi connectivity index (χ4v) is 1.72. The second-order valence-corrected chi connectivity index (χ2v) is 4.91. The van der Waals surface area contributed by atoms with Crippen LogP contribution in [0, 0.1) is 0 Å². The molecule has 0 saturated heterocycles. The Morgan fingerprint density at radius 1 is 1.33 bits per heavy atom. The van der Waals surface area contributed by atoms with Crippen LogP contribution in [0.25, 0.3) is 0 Å². The van der Waals surface area contributed by atoms with Crippen molar-refractivity contribution in [2.24, 2.45) is 5.73 Å². The van der Waals surface area contributed by atoms with Gasteiger partial charge >= 0.3 is 37.4 Å². The molecule has 0 aliphatic rings. The molecule has 0 aromatic rings. The summed E-state index contributed by atoms with van der Waals surface area (Å²) in [5.74, 6) is 0. The van der Waals surface area contributed by atoms with Gasteiger partial charge in [-0.15, -0.1) is 0 Å². The maximum atomic E-state index is 11.3. The van der Waals surface area contributed by atoms with Gasteiger partial charge in [-0.1, -0.05) is 19.8 Å². The predicted molar refractivity (Wildman–Crippen MR) is 67.4 cm³/mol. The molecule has 5 N–H and O–H groups in total. The maximum absolute atomic E-state index is 11.3. The maximum Gasteiger partial charge on any atom is 1.00 e. The average Bonchev–Trinajstić information content (AvgIpc) is 2.29. The van der Waals surface area contributed by atoms with Gasteiger partial charge in [-0.05, 0) is 6.42 Å². The summed E-state index contributed by atoms with van der Waals surface area (Å²) in [6.07, 6.45) is 2.75. The van der Waals surface area contributed by atoms with Crippen LogP contribution in [-0.2, 0) is 13.7 Å². The van der Waals surface area contributed by atoms with Gasteiger partial charge in [-0.2, -0.15) is 10.1 Å². The molecule has 0 aliphatic carbocycles. The number of phosphoric ester groups is 1. The first-order valence-corrected chi connectivity index (χ1v) is 7.41. The molecule has 0 fully saturated rings. The van der Waals surface area contributed by atoms with Crippen molar-refractivity contribution in [3.8, 4) is 0 Å². The molecule has 7 nitrogen and oxygen atoms in total. The zero-order valence-corrected chi connectivity index (χ0v) is 14.2. The Balaban J connectivity index is -0.00000128. The van der Waals surface area contributed by atoms with E-state index in [2.05, 4.69) is 15.4 Å². The second-order valence-electron chi connectivity index (χ2n) is 3.53. The molecule has 9 heteroatoms. The average molecular weight is 293 g/mol. The number of nitrogens with one attached hydrogen (secondary N) is 2. The molecule has 0 saturated carbocycles. The Kier molecular flexibility index (Phi) is 17.0. The third-order valence-electron chi connectivity index (χ3n) is 1.91. The molecule has 0 spiro atoms. The van der Waals surface area contributed by atoms with E-state index in [-0.39, 0.29) is 37.6 Å². The van der Waals surface area contributed by atoms with Crippen molar-refractivity contribution in [2.45, 2.75) is 26.2 Å². The Morgan fingerprint density at radius 3 is 2.67 bits per heavy atom. The van der Waals surface area contributed by atoms with E-state index in [1.54, 1.807) is 0 Å². The first kappa shape index (κ1) is 21.3. The molecule has 18 heavy (non-hydrogen) atoms. The number of rotatable bonds is 12. The van der Waals surface area contributed by atoms with Crippen molar-refractivity contribution in [1.82, 2.24) is 10.8 Å². The fraction of sp³-hybridized carbons (Fsp3) is 1.00. The van der Waals surface area contributed by atoms with E-state index >= 15 is 0 Å². The minimum absolute atomic E-state index is 0. The van der Waals surface area contributed by atoms with Crippen LogP contribution in [0.2, 0.25) is 0 Å². The van der Waals surface area contributed by atoms with Crippen LogP contribution in [-0.4, -0.2) is 37.7 Å². The van der Waals surface area contributed by atoms with E-state index in [0.29, 0.717) is 26.2 Å². The quantitative estimate of drug-likeness (QED) is 0.136. The summed E-state index contributed by atoms with van der Waals surface area (Å²) in [6.45, 7) is 4.54. The van der Waals surface area contributed by atoms with Crippen molar-refractivity contribution in [1.29, 1.82) is 0 Å². The van der Waals surface area contributed by atoms with Gasteiger partial charge in [0.2, 0.25) is 0 Å². The monoisotopic (exact) mass is 293 g/mol. The number of hydrogen-bond acceptors (Lipinski definition) is 6. The summed E-state index contributed by atoms with van der Waals surface area (Å²) in [6, 6.07) is 0. The fourth-order valence-electron chi connectivity index (χ4n) is 1.05. The van der Waals surface area contributed by atoms with Crippen molar-refractivity contribution >= 4 is 7.82 Å². The summed E-state index contributed by atoms with van der Waals surface area (Å²) in [5.41, 5.74) is 7.66. The van der Waals surface area contributed by atoms with E-state index in [0.717, 1.165) is 19.3 Å². The van der Waals surface area contributed by atoms with Gasteiger partial charge < -0.3 is 17.4 Å². The number of nitrogens with two attached hydrogens (primary N) is 1. The van der Waals surface area contributed by atoms with Crippen LogP contribution in [0.5, 0.6) is 0 Å². The smallest absolute Gasteiger partial charge is 1.00 e. The Hall–Kier alpha value is 0.990. The van der Waals surface area contributed by atoms with E-state index in [4.69, 9.17) is 10.3 Å².